The highest BCUT2D eigenvalue weighted by Crippen LogP contribution is 2.49. The fourth-order valence-electron chi connectivity index (χ4n) is 2.34. The predicted molar refractivity (Wildman–Crippen MR) is 84.4 cm³/mol. The van der Waals surface area contributed by atoms with E-state index in [1.54, 1.807) is 32.9 Å². The number of rotatable bonds is 2. The smallest absolute Gasteiger partial charge is 0.443 e. The van der Waals surface area contributed by atoms with Crippen molar-refractivity contribution in [3.8, 4) is 0 Å². The molecule has 0 saturated carbocycles. The SMILES string of the molecule is CC(C)(C)OC(=O)C1(SC(F)(F)F)Cc2cc(Br)ccc2C1=O. The summed E-state index contributed by atoms with van der Waals surface area (Å²) in [6.07, 6.45) is -0.348. The van der Waals surface area contributed by atoms with Crippen molar-refractivity contribution in [2.24, 2.45) is 0 Å². The molecule has 0 N–H and O–H groups in total. The van der Waals surface area contributed by atoms with Gasteiger partial charge in [-0.05, 0) is 56.3 Å². The Bertz CT molecular complexity index is 667. The van der Waals surface area contributed by atoms with Gasteiger partial charge in [0.05, 0.1) is 0 Å². The fourth-order valence-corrected chi connectivity index (χ4v) is 3.70. The number of halogens is 4. The maximum absolute atomic E-state index is 13.0. The number of alkyl halides is 3. The van der Waals surface area contributed by atoms with Gasteiger partial charge in [0.15, 0.2) is 10.5 Å². The minimum atomic E-state index is -4.74. The molecule has 0 saturated heterocycles. The van der Waals surface area contributed by atoms with Gasteiger partial charge in [-0.25, -0.2) is 0 Å². The molecular weight excluding hydrogens is 397 g/mol. The quantitative estimate of drug-likeness (QED) is 0.530. The Morgan fingerprint density at radius 1 is 1.30 bits per heavy atom. The molecule has 8 heteroatoms. The van der Waals surface area contributed by atoms with Gasteiger partial charge in [0, 0.05) is 16.5 Å². The van der Waals surface area contributed by atoms with E-state index in [-0.39, 0.29) is 12.0 Å². The molecule has 0 amide bonds. The average molecular weight is 411 g/mol. The standard InChI is InChI=1S/C15H14BrF3O3S/c1-13(2,3)22-12(21)14(23-15(17,18)19)7-8-6-9(16)4-5-10(8)11(14)20/h4-6H,7H2,1-3H3. The molecule has 0 spiro atoms. The van der Waals surface area contributed by atoms with Crippen LogP contribution >= 0.6 is 27.7 Å². The number of carbonyl (C=O) groups is 2. The Morgan fingerprint density at radius 2 is 1.91 bits per heavy atom. The summed E-state index contributed by atoms with van der Waals surface area (Å²) in [6, 6.07) is 4.53. The summed E-state index contributed by atoms with van der Waals surface area (Å²) in [7, 11) is 0. The maximum Gasteiger partial charge on any atom is 0.443 e. The summed E-state index contributed by atoms with van der Waals surface area (Å²) in [4.78, 5) is 25.0. The minimum absolute atomic E-state index is 0.121. The van der Waals surface area contributed by atoms with Crippen LogP contribution in [0.5, 0.6) is 0 Å². The largest absolute Gasteiger partial charge is 0.459 e. The summed E-state index contributed by atoms with van der Waals surface area (Å²) < 4.78 is 42.5. The highest BCUT2D eigenvalue weighted by molar-refractivity contribution is 9.10. The highest BCUT2D eigenvalue weighted by Gasteiger charge is 2.59. The normalized spacial score (nSPS) is 21.3. The first kappa shape index (κ1) is 18.3. The summed E-state index contributed by atoms with van der Waals surface area (Å²) in [6.45, 7) is 4.63. The lowest BCUT2D eigenvalue weighted by Gasteiger charge is -2.29. The second-order valence-corrected chi connectivity index (χ2v) is 8.46. The number of hydrogen-bond acceptors (Lipinski definition) is 4. The van der Waals surface area contributed by atoms with Crippen molar-refractivity contribution < 1.29 is 27.5 Å². The van der Waals surface area contributed by atoms with E-state index in [1.807, 2.05) is 0 Å². The van der Waals surface area contributed by atoms with Gasteiger partial charge >= 0.3 is 11.5 Å². The molecule has 0 bridgehead atoms. The Morgan fingerprint density at radius 3 is 2.43 bits per heavy atom. The van der Waals surface area contributed by atoms with E-state index in [1.165, 1.54) is 6.07 Å². The lowest BCUT2D eigenvalue weighted by Crippen LogP contribution is -2.47. The molecule has 0 aliphatic heterocycles. The van der Waals surface area contributed by atoms with Crippen LogP contribution in [0.4, 0.5) is 13.2 Å². The Hall–Kier alpha value is -1.02. The number of carbonyl (C=O) groups excluding carboxylic acids is 2. The lowest BCUT2D eigenvalue weighted by molar-refractivity contribution is -0.156. The monoisotopic (exact) mass is 410 g/mol. The molecule has 2 rings (SSSR count). The van der Waals surface area contributed by atoms with E-state index in [4.69, 9.17) is 4.74 Å². The van der Waals surface area contributed by atoms with Crippen molar-refractivity contribution in [3.05, 3.63) is 33.8 Å². The number of hydrogen-bond donors (Lipinski definition) is 0. The zero-order chi connectivity index (χ0) is 17.6. The number of thioether (sulfide) groups is 1. The van der Waals surface area contributed by atoms with Crippen LogP contribution in [0.15, 0.2) is 22.7 Å². The van der Waals surface area contributed by atoms with Gasteiger partial charge in [0.2, 0.25) is 0 Å². The van der Waals surface area contributed by atoms with E-state index in [0.29, 0.717) is 10.0 Å². The summed E-state index contributed by atoms with van der Waals surface area (Å²) in [5, 5.41) is 0. The second kappa shape index (κ2) is 5.81. The first-order valence-electron chi connectivity index (χ1n) is 6.68. The molecular formula is C15H14BrF3O3S. The van der Waals surface area contributed by atoms with Crippen molar-refractivity contribution in [2.75, 3.05) is 0 Å². The van der Waals surface area contributed by atoms with Gasteiger partial charge < -0.3 is 4.74 Å². The summed E-state index contributed by atoms with van der Waals surface area (Å²) >= 11 is 2.60. The van der Waals surface area contributed by atoms with Crippen molar-refractivity contribution in [1.29, 1.82) is 0 Å². The van der Waals surface area contributed by atoms with Gasteiger partial charge in [0.25, 0.3) is 0 Å². The molecule has 0 fully saturated rings. The van der Waals surface area contributed by atoms with Crippen LogP contribution in [0.1, 0.15) is 36.7 Å². The van der Waals surface area contributed by atoms with Crippen molar-refractivity contribution in [3.63, 3.8) is 0 Å². The van der Waals surface area contributed by atoms with Gasteiger partial charge in [0.1, 0.15) is 5.60 Å². The van der Waals surface area contributed by atoms with Crippen molar-refractivity contribution in [1.82, 2.24) is 0 Å². The van der Waals surface area contributed by atoms with Crippen LogP contribution < -0.4 is 0 Å². The third-order valence-electron chi connectivity index (χ3n) is 3.14. The van der Waals surface area contributed by atoms with Crippen LogP contribution in [-0.2, 0) is 16.0 Å². The predicted octanol–water partition coefficient (Wildman–Crippen LogP) is 4.52. The van der Waals surface area contributed by atoms with Crippen molar-refractivity contribution in [2.45, 2.75) is 43.0 Å². The summed E-state index contributed by atoms with van der Waals surface area (Å²) in [5.41, 5.74) is -5.22. The van der Waals surface area contributed by atoms with Gasteiger partial charge in [-0.3, -0.25) is 9.59 Å². The van der Waals surface area contributed by atoms with Crippen LogP contribution in [0.2, 0.25) is 0 Å². The van der Waals surface area contributed by atoms with Gasteiger partial charge in [-0.2, -0.15) is 13.2 Å². The first-order chi connectivity index (χ1) is 10.3. The first-order valence-corrected chi connectivity index (χ1v) is 8.29. The topological polar surface area (TPSA) is 43.4 Å². The molecule has 0 heterocycles. The molecule has 1 aliphatic rings. The maximum atomic E-state index is 13.0. The van der Waals surface area contributed by atoms with E-state index >= 15 is 0 Å². The van der Waals surface area contributed by atoms with E-state index in [2.05, 4.69) is 15.9 Å². The Balaban J connectivity index is 2.49. The molecule has 1 aromatic carbocycles. The lowest BCUT2D eigenvalue weighted by atomic mass is 10.0. The minimum Gasteiger partial charge on any atom is -0.459 e. The number of Topliss-reactive ketones (excluding diaryl/α,β-unsaturated/α-hetero) is 1. The molecule has 1 atom stereocenters. The van der Waals surface area contributed by atoms with Crippen molar-refractivity contribution >= 4 is 39.4 Å². The van der Waals surface area contributed by atoms with E-state index in [9.17, 15) is 22.8 Å². The third-order valence-corrected chi connectivity index (χ3v) is 4.71. The molecule has 1 aromatic rings. The highest BCUT2D eigenvalue weighted by atomic mass is 79.9. The van der Waals surface area contributed by atoms with E-state index < -0.39 is 39.4 Å². The van der Waals surface area contributed by atoms with Gasteiger partial charge in [-0.15, -0.1) is 0 Å². The Labute approximate surface area is 144 Å². The molecule has 23 heavy (non-hydrogen) atoms. The zero-order valence-corrected chi connectivity index (χ0v) is 15.0. The van der Waals surface area contributed by atoms with Gasteiger partial charge in [-0.1, -0.05) is 15.9 Å². The Kier molecular flexibility index (Phi) is 4.62. The number of benzene rings is 1. The molecule has 1 unspecified atom stereocenters. The van der Waals surface area contributed by atoms with Crippen LogP contribution in [0.25, 0.3) is 0 Å². The molecule has 3 nitrogen and oxygen atoms in total. The number of fused-ring (bicyclic) bond motifs is 1. The fraction of sp³-hybridized carbons (Fsp3) is 0.467. The van der Waals surface area contributed by atoms with E-state index in [0.717, 1.165) is 0 Å². The molecule has 0 aromatic heterocycles. The number of esters is 1. The third kappa shape index (κ3) is 3.91. The van der Waals surface area contributed by atoms with Crippen LogP contribution in [0.3, 0.4) is 0 Å². The second-order valence-electron chi connectivity index (χ2n) is 6.18. The van der Waals surface area contributed by atoms with Crippen LogP contribution in [0, 0.1) is 0 Å². The number of ketones is 1. The molecule has 1 aliphatic carbocycles. The molecule has 126 valence electrons. The summed E-state index contributed by atoms with van der Waals surface area (Å²) in [5.74, 6) is -2.03. The average Bonchev–Trinajstić information content (AvgIpc) is 2.58. The van der Waals surface area contributed by atoms with Crippen LogP contribution in [-0.4, -0.2) is 27.6 Å². The zero-order valence-electron chi connectivity index (χ0n) is 12.6. The number of ether oxygens (including phenoxy) is 1. The molecule has 0 radical (unpaired) electrons.